The molecule has 2 aromatic carbocycles. The van der Waals surface area contributed by atoms with E-state index in [1.54, 1.807) is 11.8 Å². The Bertz CT molecular complexity index is 957. The van der Waals surface area contributed by atoms with E-state index in [-0.39, 0.29) is 0 Å². The average Bonchev–Trinajstić information content (AvgIpc) is 3.08. The number of allylic oxidation sites excluding steroid dienone is 1. The lowest BCUT2D eigenvalue weighted by molar-refractivity contribution is 0.307. The summed E-state index contributed by atoms with van der Waals surface area (Å²) < 4.78 is 8.00. The molecule has 0 spiro atoms. The van der Waals surface area contributed by atoms with Gasteiger partial charge >= 0.3 is 0 Å². The Kier molecular flexibility index (Phi) is 8.04. The van der Waals surface area contributed by atoms with Gasteiger partial charge in [0.1, 0.15) is 11.6 Å². The van der Waals surface area contributed by atoms with Gasteiger partial charge in [0.25, 0.3) is 0 Å². The number of hydrogen-bond acceptors (Lipinski definition) is 4. The van der Waals surface area contributed by atoms with Crippen molar-refractivity contribution >= 4 is 35.0 Å². The lowest BCUT2D eigenvalue weighted by atomic mass is 10.2. The van der Waals surface area contributed by atoms with Crippen molar-refractivity contribution in [3.8, 4) is 5.75 Å². The van der Waals surface area contributed by atoms with Crippen molar-refractivity contribution in [3.05, 3.63) is 82.1 Å². The zero-order valence-corrected chi connectivity index (χ0v) is 18.6. The monoisotopic (exact) mass is 447 g/mol. The van der Waals surface area contributed by atoms with Crippen LogP contribution < -0.4 is 4.74 Å². The van der Waals surface area contributed by atoms with Gasteiger partial charge in [0.15, 0.2) is 5.16 Å². The first-order chi connectivity index (χ1) is 14.1. The van der Waals surface area contributed by atoms with Gasteiger partial charge in [-0.05, 0) is 54.8 Å². The van der Waals surface area contributed by atoms with Gasteiger partial charge in [-0.2, -0.15) is 0 Å². The number of nitrogens with zero attached hydrogens (tertiary/aromatic N) is 3. The molecule has 0 aliphatic heterocycles. The Labute approximate surface area is 185 Å². The van der Waals surface area contributed by atoms with Gasteiger partial charge in [0.05, 0.1) is 6.61 Å². The zero-order valence-electron chi connectivity index (χ0n) is 16.3. The van der Waals surface area contributed by atoms with E-state index in [9.17, 15) is 0 Å². The summed E-state index contributed by atoms with van der Waals surface area (Å²) in [5.41, 5.74) is 2.23. The van der Waals surface area contributed by atoms with Crippen LogP contribution in [0.3, 0.4) is 0 Å². The molecule has 3 aromatic rings. The second kappa shape index (κ2) is 10.7. The van der Waals surface area contributed by atoms with Crippen LogP contribution in [0.1, 0.15) is 23.4 Å². The minimum atomic E-state index is 0.608. The summed E-state index contributed by atoms with van der Waals surface area (Å²) in [4.78, 5) is 0. The fourth-order valence-corrected chi connectivity index (χ4v) is 4.11. The summed E-state index contributed by atoms with van der Waals surface area (Å²) in [6.07, 6.45) is 3.50. The summed E-state index contributed by atoms with van der Waals surface area (Å²) in [5.74, 6) is 2.62. The van der Waals surface area contributed by atoms with Crippen LogP contribution in [-0.4, -0.2) is 21.4 Å². The molecule has 0 saturated carbocycles. The molecule has 7 heteroatoms. The highest BCUT2D eigenvalue weighted by atomic mass is 35.5. The molecule has 0 amide bonds. The molecular formula is C22H23Cl2N3OS. The SMILES string of the molecule is C=CCn1c(CCCOc2ccc(Cl)cc2C)nnc1SCc1ccc(Cl)cc1. The Morgan fingerprint density at radius 2 is 1.86 bits per heavy atom. The maximum Gasteiger partial charge on any atom is 0.191 e. The van der Waals surface area contributed by atoms with E-state index >= 15 is 0 Å². The third-order valence-electron chi connectivity index (χ3n) is 4.33. The standard InChI is InChI=1S/C22H23Cl2N3OS/c1-3-12-27-21(5-4-13-28-20-11-10-19(24)14-16(20)2)25-26-22(27)29-15-17-6-8-18(23)9-7-17/h3,6-11,14H,1,4-5,12-13,15H2,2H3. The third kappa shape index (κ3) is 6.26. The molecular weight excluding hydrogens is 425 g/mol. The molecule has 0 fully saturated rings. The molecule has 0 radical (unpaired) electrons. The summed E-state index contributed by atoms with van der Waals surface area (Å²) >= 11 is 13.6. The molecule has 3 rings (SSSR count). The topological polar surface area (TPSA) is 39.9 Å². The van der Waals surface area contributed by atoms with E-state index in [4.69, 9.17) is 27.9 Å². The van der Waals surface area contributed by atoms with Crippen molar-refractivity contribution in [1.82, 2.24) is 14.8 Å². The molecule has 1 heterocycles. The molecule has 0 aliphatic rings. The van der Waals surface area contributed by atoms with Crippen molar-refractivity contribution in [2.75, 3.05) is 6.61 Å². The summed E-state index contributed by atoms with van der Waals surface area (Å²) in [5, 5.41) is 11.1. The second-order valence-electron chi connectivity index (χ2n) is 6.58. The fraction of sp³-hybridized carbons (Fsp3) is 0.273. The van der Waals surface area contributed by atoms with E-state index in [0.29, 0.717) is 13.2 Å². The maximum absolute atomic E-state index is 5.99. The predicted octanol–water partition coefficient (Wildman–Crippen LogP) is 6.38. The van der Waals surface area contributed by atoms with Gasteiger partial charge in [0, 0.05) is 28.8 Å². The number of hydrogen-bond donors (Lipinski definition) is 0. The minimum Gasteiger partial charge on any atom is -0.493 e. The fourth-order valence-electron chi connectivity index (χ4n) is 2.84. The Morgan fingerprint density at radius 3 is 2.59 bits per heavy atom. The first kappa shape index (κ1) is 21.8. The number of ether oxygens (including phenoxy) is 1. The van der Waals surface area contributed by atoms with Crippen LogP contribution in [0, 0.1) is 6.92 Å². The lowest BCUT2D eigenvalue weighted by Gasteiger charge is -2.10. The first-order valence-electron chi connectivity index (χ1n) is 9.36. The maximum atomic E-state index is 5.99. The highest BCUT2D eigenvalue weighted by Crippen LogP contribution is 2.24. The Balaban J connectivity index is 1.56. The van der Waals surface area contributed by atoms with Crippen LogP contribution in [0.15, 0.2) is 60.3 Å². The van der Waals surface area contributed by atoms with Crippen molar-refractivity contribution < 1.29 is 4.74 Å². The van der Waals surface area contributed by atoms with Gasteiger partial charge in [0.2, 0.25) is 0 Å². The zero-order chi connectivity index (χ0) is 20.6. The van der Waals surface area contributed by atoms with Crippen molar-refractivity contribution in [2.24, 2.45) is 0 Å². The van der Waals surface area contributed by atoms with Crippen LogP contribution >= 0.6 is 35.0 Å². The number of benzene rings is 2. The number of halogens is 2. The van der Waals surface area contributed by atoms with Crippen LogP contribution in [-0.2, 0) is 18.7 Å². The van der Waals surface area contributed by atoms with E-state index in [0.717, 1.165) is 50.9 Å². The quantitative estimate of drug-likeness (QED) is 0.205. The lowest BCUT2D eigenvalue weighted by Crippen LogP contribution is -2.07. The highest BCUT2D eigenvalue weighted by molar-refractivity contribution is 7.98. The number of aromatic nitrogens is 3. The van der Waals surface area contributed by atoms with Crippen LogP contribution in [0.2, 0.25) is 10.0 Å². The van der Waals surface area contributed by atoms with Gasteiger partial charge < -0.3 is 9.30 Å². The van der Waals surface area contributed by atoms with Crippen molar-refractivity contribution in [1.29, 1.82) is 0 Å². The van der Waals surface area contributed by atoms with Crippen LogP contribution in [0.5, 0.6) is 5.75 Å². The molecule has 0 unspecified atom stereocenters. The summed E-state index contributed by atoms with van der Waals surface area (Å²) in [6.45, 7) is 7.15. The van der Waals surface area contributed by atoms with Crippen molar-refractivity contribution in [3.63, 3.8) is 0 Å². The normalized spacial score (nSPS) is 10.9. The highest BCUT2D eigenvalue weighted by Gasteiger charge is 2.12. The summed E-state index contributed by atoms with van der Waals surface area (Å²) in [6, 6.07) is 13.5. The molecule has 0 atom stereocenters. The first-order valence-corrected chi connectivity index (χ1v) is 11.1. The number of aryl methyl sites for hydroxylation is 2. The van der Waals surface area contributed by atoms with Crippen LogP contribution in [0.25, 0.3) is 0 Å². The Morgan fingerprint density at radius 1 is 1.10 bits per heavy atom. The Hall–Kier alpha value is -1.95. The van der Waals surface area contributed by atoms with Gasteiger partial charge in [-0.25, -0.2) is 0 Å². The predicted molar refractivity (Wildman–Crippen MR) is 121 cm³/mol. The van der Waals surface area contributed by atoms with E-state index in [1.165, 1.54) is 5.56 Å². The summed E-state index contributed by atoms with van der Waals surface area (Å²) in [7, 11) is 0. The van der Waals surface area contributed by atoms with Crippen LogP contribution in [0.4, 0.5) is 0 Å². The van der Waals surface area contributed by atoms with E-state index < -0.39 is 0 Å². The average molecular weight is 448 g/mol. The molecule has 0 bridgehead atoms. The molecule has 1 aromatic heterocycles. The molecule has 29 heavy (non-hydrogen) atoms. The smallest absolute Gasteiger partial charge is 0.191 e. The second-order valence-corrected chi connectivity index (χ2v) is 8.39. The molecule has 0 N–H and O–H groups in total. The van der Waals surface area contributed by atoms with Crippen molar-refractivity contribution in [2.45, 2.75) is 37.2 Å². The van der Waals surface area contributed by atoms with E-state index in [2.05, 4.69) is 21.3 Å². The van der Waals surface area contributed by atoms with Gasteiger partial charge in [-0.3, -0.25) is 0 Å². The number of thioether (sulfide) groups is 1. The molecule has 152 valence electrons. The van der Waals surface area contributed by atoms with E-state index in [1.807, 2.05) is 55.5 Å². The third-order valence-corrected chi connectivity index (χ3v) is 5.85. The molecule has 0 aliphatic carbocycles. The van der Waals surface area contributed by atoms with Gasteiger partial charge in [-0.1, -0.05) is 53.2 Å². The minimum absolute atomic E-state index is 0.608. The van der Waals surface area contributed by atoms with Gasteiger partial charge in [-0.15, -0.1) is 16.8 Å². The molecule has 4 nitrogen and oxygen atoms in total. The number of rotatable bonds is 10. The largest absolute Gasteiger partial charge is 0.493 e. The molecule has 0 saturated heterocycles.